The lowest BCUT2D eigenvalue weighted by Gasteiger charge is -2.61. The summed E-state index contributed by atoms with van der Waals surface area (Å²) in [6, 6.07) is 0. The van der Waals surface area contributed by atoms with E-state index in [2.05, 4.69) is 47.6 Å². The number of carbonyl (C=O) groups excluding carboxylic acids is 2. The summed E-state index contributed by atoms with van der Waals surface area (Å²) in [4.78, 5) is 23.8. The van der Waals surface area contributed by atoms with Crippen molar-refractivity contribution >= 4 is 12.1 Å². The molecule has 0 unspecified atom stereocenters. The molecule has 0 radical (unpaired) electrons. The summed E-state index contributed by atoms with van der Waals surface area (Å²) >= 11 is 0. The monoisotopic (exact) mass is 454 g/mol. The third kappa shape index (κ3) is 3.46. The van der Waals surface area contributed by atoms with Crippen molar-refractivity contribution in [2.24, 2.45) is 39.4 Å². The summed E-state index contributed by atoms with van der Waals surface area (Å²) in [6.45, 7) is 15.9. The van der Waals surface area contributed by atoms with Gasteiger partial charge >= 0.3 is 0 Å². The van der Waals surface area contributed by atoms with Gasteiger partial charge in [0.25, 0.3) is 0 Å². The minimum Gasteiger partial charge on any atom is -0.389 e. The summed E-state index contributed by atoms with van der Waals surface area (Å²) in [6.07, 6.45) is 11.7. The minimum absolute atomic E-state index is 0.0348. The summed E-state index contributed by atoms with van der Waals surface area (Å²) in [5.74, 6) is 1.85. The quantitative estimate of drug-likeness (QED) is 0.281. The average Bonchev–Trinajstić information content (AvgIpc) is 3.04. The van der Waals surface area contributed by atoms with Gasteiger partial charge in [0.1, 0.15) is 12.1 Å². The number of fused-ring (bicyclic) bond motifs is 4. The SMILES string of the molecule is C/C(C=O)=C\CC[C@@H](C)[C@H]1CC[C@@]2(C)C3=C(CC[C@]12C)[C@@]1(C)CCC(=O)C(C)(C)[C@@H]1C[C@H]3O. The van der Waals surface area contributed by atoms with E-state index in [4.69, 9.17) is 0 Å². The third-order valence-electron chi connectivity index (χ3n) is 11.5. The van der Waals surface area contributed by atoms with Crippen molar-refractivity contribution in [2.45, 2.75) is 112 Å². The molecule has 3 nitrogen and oxygen atoms in total. The van der Waals surface area contributed by atoms with Crippen LogP contribution in [-0.2, 0) is 9.59 Å². The van der Waals surface area contributed by atoms with E-state index in [1.807, 2.05) is 6.92 Å². The summed E-state index contributed by atoms with van der Waals surface area (Å²) in [5.41, 5.74) is 3.63. The van der Waals surface area contributed by atoms with Crippen molar-refractivity contribution in [3.63, 3.8) is 0 Å². The molecule has 7 atom stereocenters. The maximum absolute atomic E-state index is 12.8. The highest BCUT2D eigenvalue weighted by Crippen LogP contribution is 2.72. The number of rotatable bonds is 5. The van der Waals surface area contributed by atoms with Crippen LogP contribution in [-0.4, -0.2) is 23.3 Å². The largest absolute Gasteiger partial charge is 0.389 e. The Labute approximate surface area is 201 Å². The van der Waals surface area contributed by atoms with Gasteiger partial charge in [-0.3, -0.25) is 9.59 Å². The predicted molar refractivity (Wildman–Crippen MR) is 134 cm³/mol. The fraction of sp³-hybridized carbons (Fsp3) is 0.800. The van der Waals surface area contributed by atoms with Crippen LogP contribution < -0.4 is 0 Å². The molecule has 1 N–H and O–H groups in total. The molecule has 2 fully saturated rings. The highest BCUT2D eigenvalue weighted by molar-refractivity contribution is 5.86. The zero-order valence-corrected chi connectivity index (χ0v) is 22.1. The Balaban J connectivity index is 1.68. The topological polar surface area (TPSA) is 54.4 Å². The molecule has 0 spiro atoms. The Hall–Kier alpha value is -1.22. The van der Waals surface area contributed by atoms with Crippen LogP contribution in [0.2, 0.25) is 0 Å². The van der Waals surface area contributed by atoms with Crippen molar-refractivity contribution in [1.29, 1.82) is 0 Å². The van der Waals surface area contributed by atoms with Crippen molar-refractivity contribution in [1.82, 2.24) is 0 Å². The van der Waals surface area contributed by atoms with E-state index in [0.717, 1.165) is 50.4 Å². The van der Waals surface area contributed by atoms with E-state index in [1.54, 1.807) is 0 Å². The number of allylic oxidation sites excluding steroid dienone is 3. The average molecular weight is 455 g/mol. The van der Waals surface area contributed by atoms with Gasteiger partial charge in [-0.05, 0) is 103 Å². The molecule has 0 aliphatic heterocycles. The fourth-order valence-electron chi connectivity index (χ4n) is 9.23. The molecule has 0 amide bonds. The molecule has 0 bridgehead atoms. The van der Waals surface area contributed by atoms with Crippen LogP contribution in [0.15, 0.2) is 22.8 Å². The number of aliphatic hydroxyl groups excluding tert-OH is 1. The fourth-order valence-corrected chi connectivity index (χ4v) is 9.23. The second kappa shape index (κ2) is 8.18. The van der Waals surface area contributed by atoms with Crippen molar-refractivity contribution in [3.8, 4) is 0 Å². The van der Waals surface area contributed by atoms with Crippen LogP contribution in [0.4, 0.5) is 0 Å². The summed E-state index contributed by atoms with van der Waals surface area (Å²) in [5, 5.41) is 11.6. The Morgan fingerprint density at radius 1 is 1.12 bits per heavy atom. The lowest BCUT2D eigenvalue weighted by Crippen LogP contribution is -2.57. The van der Waals surface area contributed by atoms with E-state index < -0.39 is 6.10 Å². The number of hydrogen-bond acceptors (Lipinski definition) is 3. The van der Waals surface area contributed by atoms with Crippen LogP contribution in [0.1, 0.15) is 106 Å². The molecule has 0 heterocycles. The van der Waals surface area contributed by atoms with Crippen LogP contribution in [0.3, 0.4) is 0 Å². The van der Waals surface area contributed by atoms with Gasteiger partial charge in [-0.1, -0.05) is 53.2 Å². The minimum atomic E-state index is -0.417. The Morgan fingerprint density at radius 3 is 2.48 bits per heavy atom. The first kappa shape index (κ1) is 24.9. The van der Waals surface area contributed by atoms with Gasteiger partial charge in [0.05, 0.1) is 6.10 Å². The zero-order chi connectivity index (χ0) is 24.4. The molecular formula is C30H46O3. The molecule has 3 heteroatoms. The van der Waals surface area contributed by atoms with Gasteiger partial charge in [-0.15, -0.1) is 0 Å². The number of hydrogen-bond donors (Lipinski definition) is 1. The van der Waals surface area contributed by atoms with Crippen molar-refractivity contribution in [3.05, 3.63) is 22.8 Å². The van der Waals surface area contributed by atoms with Gasteiger partial charge in [-0.2, -0.15) is 0 Å². The van der Waals surface area contributed by atoms with Crippen molar-refractivity contribution < 1.29 is 14.7 Å². The number of ketones is 1. The van der Waals surface area contributed by atoms with Crippen LogP contribution in [0.5, 0.6) is 0 Å². The summed E-state index contributed by atoms with van der Waals surface area (Å²) in [7, 11) is 0. The second-order valence-electron chi connectivity index (χ2n) is 13.3. The van der Waals surface area contributed by atoms with Gasteiger partial charge in [-0.25, -0.2) is 0 Å². The number of aliphatic hydroxyl groups is 1. The Morgan fingerprint density at radius 2 is 1.82 bits per heavy atom. The molecule has 0 saturated heterocycles. The Kier molecular flexibility index (Phi) is 6.17. The van der Waals surface area contributed by atoms with Gasteiger partial charge in [0.15, 0.2) is 0 Å². The van der Waals surface area contributed by atoms with Gasteiger partial charge < -0.3 is 5.11 Å². The Bertz CT molecular complexity index is 894. The molecule has 0 aromatic heterocycles. The normalized spacial score (nSPS) is 43.6. The highest BCUT2D eigenvalue weighted by atomic mass is 16.3. The molecule has 0 aromatic carbocycles. The lowest BCUT2D eigenvalue weighted by atomic mass is 9.43. The maximum Gasteiger partial charge on any atom is 0.145 e. The number of aldehydes is 1. The first-order valence-electron chi connectivity index (χ1n) is 13.4. The highest BCUT2D eigenvalue weighted by Gasteiger charge is 2.65. The number of Topliss-reactive ketones (excluding diaryl/α,β-unsaturated/α-hetero) is 1. The van der Waals surface area contributed by atoms with E-state index in [1.165, 1.54) is 24.0 Å². The molecule has 184 valence electrons. The molecule has 4 aliphatic carbocycles. The van der Waals surface area contributed by atoms with Gasteiger partial charge in [0.2, 0.25) is 0 Å². The van der Waals surface area contributed by atoms with E-state index in [9.17, 15) is 14.7 Å². The summed E-state index contributed by atoms with van der Waals surface area (Å²) < 4.78 is 0. The van der Waals surface area contributed by atoms with E-state index in [-0.39, 0.29) is 27.6 Å². The van der Waals surface area contributed by atoms with Gasteiger partial charge in [0, 0.05) is 11.8 Å². The first-order valence-corrected chi connectivity index (χ1v) is 13.4. The smallest absolute Gasteiger partial charge is 0.145 e. The van der Waals surface area contributed by atoms with E-state index >= 15 is 0 Å². The molecular weight excluding hydrogens is 408 g/mol. The lowest BCUT2D eigenvalue weighted by molar-refractivity contribution is -0.141. The standard InChI is InChI=1S/C30H46O3/c1-19(18-31)9-8-10-20(2)21-11-16-30(7)26-22(12-15-29(21,30)6)28(5)14-13-25(33)27(3,4)24(28)17-23(26)32/h9,18,20-21,23-24,32H,8,10-17H2,1-7H3/b19-9+/t20-,21-,23-,24+,28-,29-,30+/m1/s1. The van der Waals surface area contributed by atoms with Crippen molar-refractivity contribution in [2.75, 3.05) is 0 Å². The number of carbonyl (C=O) groups is 2. The second-order valence-corrected chi connectivity index (χ2v) is 13.3. The maximum atomic E-state index is 12.8. The molecule has 4 rings (SSSR count). The van der Waals surface area contributed by atoms with E-state index in [0.29, 0.717) is 24.0 Å². The predicted octanol–water partition coefficient (Wildman–Crippen LogP) is 6.84. The molecule has 33 heavy (non-hydrogen) atoms. The molecule has 4 aliphatic rings. The third-order valence-corrected chi connectivity index (χ3v) is 11.5. The van der Waals surface area contributed by atoms with Crippen LogP contribution in [0, 0.1) is 39.4 Å². The molecule has 2 saturated carbocycles. The zero-order valence-electron chi connectivity index (χ0n) is 22.1. The first-order chi connectivity index (χ1) is 15.3. The molecule has 0 aromatic rings. The van der Waals surface area contributed by atoms with Crippen LogP contribution in [0.25, 0.3) is 0 Å². The van der Waals surface area contributed by atoms with Crippen LogP contribution >= 0.6 is 0 Å².